The second kappa shape index (κ2) is 6.25. The van der Waals surface area contributed by atoms with E-state index in [1.165, 1.54) is 6.42 Å². The van der Waals surface area contributed by atoms with Crippen molar-refractivity contribution in [1.82, 2.24) is 9.80 Å². The Hall–Kier alpha value is -0.580. The quantitative estimate of drug-likeness (QED) is 0.905. The van der Waals surface area contributed by atoms with Crippen molar-refractivity contribution >= 4 is 15.9 Å². The van der Waals surface area contributed by atoms with E-state index in [0.717, 1.165) is 41.8 Å². The molecule has 0 saturated carbocycles. The molecule has 1 fully saturated rings. The molecule has 1 aromatic rings. The van der Waals surface area contributed by atoms with E-state index in [1.54, 1.807) is 0 Å². The maximum Gasteiger partial charge on any atom is 0.123 e. The number of likely N-dealkylation sites (N-methyl/N-ethyl adjacent to an activating group) is 1. The molecule has 106 valence electrons. The van der Waals surface area contributed by atoms with E-state index >= 15 is 0 Å². The van der Waals surface area contributed by atoms with E-state index in [4.69, 9.17) is 0 Å². The Bertz CT molecular complexity index is 450. The third-order valence-corrected chi connectivity index (χ3v) is 4.36. The van der Waals surface area contributed by atoms with E-state index < -0.39 is 0 Å². The second-order valence-corrected chi connectivity index (χ2v) is 6.58. The van der Waals surface area contributed by atoms with Gasteiger partial charge in [0, 0.05) is 35.7 Å². The van der Waals surface area contributed by atoms with E-state index in [1.807, 2.05) is 19.1 Å². The van der Waals surface area contributed by atoms with Gasteiger partial charge in [0.25, 0.3) is 0 Å². The first kappa shape index (κ1) is 14.8. The largest absolute Gasteiger partial charge is 0.507 e. The summed E-state index contributed by atoms with van der Waals surface area (Å²) in [5, 5.41) is 10.2. The van der Waals surface area contributed by atoms with Crippen molar-refractivity contribution in [3.05, 3.63) is 27.7 Å². The van der Waals surface area contributed by atoms with Crippen molar-refractivity contribution in [3.8, 4) is 5.75 Å². The highest BCUT2D eigenvalue weighted by atomic mass is 79.9. The number of phenols is 1. The lowest BCUT2D eigenvalue weighted by Gasteiger charge is -2.28. The van der Waals surface area contributed by atoms with E-state index in [9.17, 15) is 5.11 Å². The first-order valence-electron chi connectivity index (χ1n) is 6.88. The molecule has 3 nitrogen and oxygen atoms in total. The molecule has 0 amide bonds. The number of aryl methyl sites for hydroxylation is 1. The number of hydrogen-bond donors (Lipinski definition) is 1. The molecule has 4 heteroatoms. The van der Waals surface area contributed by atoms with Crippen molar-refractivity contribution in [3.63, 3.8) is 0 Å². The van der Waals surface area contributed by atoms with Gasteiger partial charge >= 0.3 is 0 Å². The van der Waals surface area contributed by atoms with Crippen LogP contribution < -0.4 is 0 Å². The van der Waals surface area contributed by atoms with Gasteiger partial charge in [-0.2, -0.15) is 0 Å². The summed E-state index contributed by atoms with van der Waals surface area (Å²) in [4.78, 5) is 4.85. The summed E-state index contributed by atoms with van der Waals surface area (Å²) in [5.74, 6) is 0.438. The van der Waals surface area contributed by atoms with Gasteiger partial charge in [0.1, 0.15) is 5.75 Å². The predicted octanol–water partition coefficient (Wildman–Crippen LogP) is 2.99. The second-order valence-electron chi connectivity index (χ2n) is 5.67. The highest BCUT2D eigenvalue weighted by Gasteiger charge is 2.21. The van der Waals surface area contributed by atoms with Crippen LogP contribution in [0.25, 0.3) is 0 Å². The van der Waals surface area contributed by atoms with E-state index in [2.05, 4.69) is 39.7 Å². The van der Waals surface area contributed by atoms with Gasteiger partial charge in [-0.15, -0.1) is 0 Å². The number of phenolic OH excluding ortho intramolecular Hbond substituents is 1. The Morgan fingerprint density at radius 2 is 2.11 bits per heavy atom. The first-order valence-corrected chi connectivity index (χ1v) is 7.67. The SMILES string of the molecule is Cc1cc(Br)cc(CN2CCCN(C)CC2C)c1O. The molecule has 1 aliphatic rings. The molecule has 2 rings (SSSR count). The zero-order valence-corrected chi connectivity index (χ0v) is 13.6. The van der Waals surface area contributed by atoms with Crippen molar-refractivity contribution < 1.29 is 5.11 Å². The van der Waals surface area contributed by atoms with Gasteiger partial charge in [-0.05, 0) is 51.6 Å². The third kappa shape index (κ3) is 3.71. The van der Waals surface area contributed by atoms with Crippen molar-refractivity contribution in [2.45, 2.75) is 32.9 Å². The highest BCUT2D eigenvalue weighted by Crippen LogP contribution is 2.28. The van der Waals surface area contributed by atoms with Crippen molar-refractivity contribution in [2.75, 3.05) is 26.7 Å². The Morgan fingerprint density at radius 3 is 2.84 bits per heavy atom. The van der Waals surface area contributed by atoms with Crippen LogP contribution in [0.2, 0.25) is 0 Å². The number of nitrogens with zero attached hydrogens (tertiary/aromatic N) is 2. The fraction of sp³-hybridized carbons (Fsp3) is 0.600. The first-order chi connectivity index (χ1) is 8.97. The molecular weight excluding hydrogens is 304 g/mol. The summed E-state index contributed by atoms with van der Waals surface area (Å²) in [6.07, 6.45) is 1.19. The third-order valence-electron chi connectivity index (χ3n) is 3.90. The molecule has 1 unspecified atom stereocenters. The summed E-state index contributed by atoms with van der Waals surface area (Å²) < 4.78 is 1.04. The highest BCUT2D eigenvalue weighted by molar-refractivity contribution is 9.10. The Balaban J connectivity index is 2.16. The lowest BCUT2D eigenvalue weighted by atomic mass is 10.1. The zero-order chi connectivity index (χ0) is 14.0. The van der Waals surface area contributed by atoms with E-state index in [-0.39, 0.29) is 0 Å². The van der Waals surface area contributed by atoms with E-state index in [0.29, 0.717) is 11.8 Å². The molecule has 0 aromatic heterocycles. The van der Waals surface area contributed by atoms with Crippen LogP contribution in [-0.4, -0.2) is 47.6 Å². The summed E-state index contributed by atoms with van der Waals surface area (Å²) in [6.45, 7) is 8.38. The molecule has 1 aromatic carbocycles. The average Bonchev–Trinajstić information content (AvgIpc) is 2.47. The van der Waals surface area contributed by atoms with Crippen LogP contribution in [0.15, 0.2) is 16.6 Å². The molecule has 19 heavy (non-hydrogen) atoms. The van der Waals surface area contributed by atoms with Gasteiger partial charge in [-0.1, -0.05) is 15.9 Å². The number of aromatic hydroxyl groups is 1. The summed E-state index contributed by atoms with van der Waals surface area (Å²) in [7, 11) is 2.18. The fourth-order valence-corrected chi connectivity index (χ4v) is 3.42. The molecule has 0 aliphatic carbocycles. The van der Waals surface area contributed by atoms with Crippen molar-refractivity contribution in [1.29, 1.82) is 0 Å². The lowest BCUT2D eigenvalue weighted by molar-refractivity contribution is 0.192. The van der Waals surface area contributed by atoms with Crippen LogP contribution in [0.3, 0.4) is 0 Å². The van der Waals surface area contributed by atoms with Gasteiger partial charge < -0.3 is 10.0 Å². The maximum absolute atomic E-state index is 10.2. The van der Waals surface area contributed by atoms with Crippen LogP contribution in [-0.2, 0) is 6.54 Å². The van der Waals surface area contributed by atoms with Gasteiger partial charge in [-0.25, -0.2) is 0 Å². The topological polar surface area (TPSA) is 26.7 Å². The van der Waals surface area contributed by atoms with Crippen LogP contribution in [0.5, 0.6) is 5.75 Å². The zero-order valence-electron chi connectivity index (χ0n) is 12.0. The maximum atomic E-state index is 10.2. The Kier molecular flexibility index (Phi) is 4.87. The minimum Gasteiger partial charge on any atom is -0.507 e. The smallest absolute Gasteiger partial charge is 0.123 e. The number of rotatable bonds is 2. The average molecular weight is 327 g/mol. The van der Waals surface area contributed by atoms with Gasteiger partial charge in [0.05, 0.1) is 0 Å². The van der Waals surface area contributed by atoms with Gasteiger partial charge in [0.15, 0.2) is 0 Å². The van der Waals surface area contributed by atoms with Crippen LogP contribution in [0.4, 0.5) is 0 Å². The molecule has 1 aliphatic heterocycles. The molecular formula is C15H23BrN2O. The Labute approximate surface area is 124 Å². The molecule has 0 radical (unpaired) electrons. The van der Waals surface area contributed by atoms with Crippen LogP contribution in [0, 0.1) is 6.92 Å². The Morgan fingerprint density at radius 1 is 1.37 bits per heavy atom. The molecule has 0 spiro atoms. The molecule has 1 N–H and O–H groups in total. The van der Waals surface area contributed by atoms with Crippen LogP contribution >= 0.6 is 15.9 Å². The molecule has 1 heterocycles. The number of halogens is 1. The summed E-state index contributed by atoms with van der Waals surface area (Å²) >= 11 is 3.51. The monoisotopic (exact) mass is 326 g/mol. The molecule has 0 bridgehead atoms. The van der Waals surface area contributed by atoms with Crippen LogP contribution in [0.1, 0.15) is 24.5 Å². The van der Waals surface area contributed by atoms with Gasteiger partial charge in [0.2, 0.25) is 0 Å². The van der Waals surface area contributed by atoms with Gasteiger partial charge in [-0.3, -0.25) is 4.90 Å². The standard InChI is InChI=1S/C15H23BrN2O/c1-11-7-14(16)8-13(15(11)19)10-18-6-4-5-17(3)9-12(18)2/h7-8,12,19H,4-6,9-10H2,1-3H3. The number of hydrogen-bond acceptors (Lipinski definition) is 3. The summed E-state index contributed by atoms with van der Waals surface area (Å²) in [6, 6.07) is 4.51. The molecule has 1 saturated heterocycles. The molecule has 1 atom stereocenters. The summed E-state index contributed by atoms with van der Waals surface area (Å²) in [5.41, 5.74) is 1.95. The minimum atomic E-state index is 0.438. The predicted molar refractivity (Wildman–Crippen MR) is 82.5 cm³/mol. The minimum absolute atomic E-state index is 0.438. The number of benzene rings is 1. The van der Waals surface area contributed by atoms with Crippen molar-refractivity contribution in [2.24, 2.45) is 0 Å². The fourth-order valence-electron chi connectivity index (χ4n) is 2.80. The lowest BCUT2D eigenvalue weighted by Crippen LogP contribution is -2.37. The normalized spacial score (nSPS) is 22.4.